The summed E-state index contributed by atoms with van der Waals surface area (Å²) >= 11 is 1.19. The molecule has 160 valence electrons. The van der Waals surface area contributed by atoms with Crippen molar-refractivity contribution < 1.29 is 28.2 Å². The third-order valence-corrected chi connectivity index (χ3v) is 5.62. The third-order valence-electron chi connectivity index (χ3n) is 4.82. The number of ether oxygens (including phenoxy) is 4. The number of hydrogen-bond acceptors (Lipinski definition) is 9. The molecule has 5 rings (SSSR count). The third kappa shape index (κ3) is 4.24. The van der Waals surface area contributed by atoms with Crippen molar-refractivity contribution in [3.8, 4) is 34.5 Å². The molecule has 3 heterocycles. The van der Waals surface area contributed by atoms with Crippen molar-refractivity contribution in [1.82, 2.24) is 15.1 Å². The predicted octanol–water partition coefficient (Wildman–Crippen LogP) is 2.86. The fourth-order valence-corrected chi connectivity index (χ4v) is 3.91. The van der Waals surface area contributed by atoms with E-state index in [1.165, 1.54) is 11.8 Å². The van der Waals surface area contributed by atoms with Gasteiger partial charge < -0.3 is 28.3 Å². The Kier molecular flexibility index (Phi) is 5.29. The van der Waals surface area contributed by atoms with E-state index in [0.717, 1.165) is 11.3 Å². The fourth-order valence-electron chi connectivity index (χ4n) is 3.21. The summed E-state index contributed by atoms with van der Waals surface area (Å²) in [6.45, 7) is 1.01. The molecule has 0 saturated heterocycles. The van der Waals surface area contributed by atoms with Crippen LogP contribution in [-0.2, 0) is 4.79 Å². The van der Waals surface area contributed by atoms with Crippen LogP contribution in [0.25, 0.3) is 11.5 Å². The summed E-state index contributed by atoms with van der Waals surface area (Å²) < 4.78 is 28.0. The minimum Gasteiger partial charge on any atom is -0.486 e. The van der Waals surface area contributed by atoms with Gasteiger partial charge in [-0.3, -0.25) is 4.79 Å². The standard InChI is InChI=1S/C21H19N3O6S/c1-24(9-14-10-26-15-4-2-3-5-17(15)29-14)19(25)11-31-21-23-22-20(30-21)13-6-7-16-18(8-13)28-12-27-16/h2-8,14H,9-12H2,1H3/t14-/m0/s1. The number of fused-ring (bicyclic) bond motifs is 2. The van der Waals surface area contributed by atoms with Crippen LogP contribution in [0.5, 0.6) is 23.0 Å². The number of para-hydroxylation sites is 2. The van der Waals surface area contributed by atoms with Crippen molar-refractivity contribution in [2.45, 2.75) is 11.3 Å². The van der Waals surface area contributed by atoms with Crippen molar-refractivity contribution in [2.24, 2.45) is 0 Å². The largest absolute Gasteiger partial charge is 0.486 e. The van der Waals surface area contributed by atoms with E-state index in [1.54, 1.807) is 24.1 Å². The summed E-state index contributed by atoms with van der Waals surface area (Å²) in [4.78, 5) is 14.1. The van der Waals surface area contributed by atoms with Gasteiger partial charge in [0.1, 0.15) is 6.61 Å². The first-order valence-corrected chi connectivity index (χ1v) is 10.6. The number of nitrogens with zero attached hydrogens (tertiary/aromatic N) is 3. The summed E-state index contributed by atoms with van der Waals surface area (Å²) in [5.74, 6) is 3.18. The quantitative estimate of drug-likeness (QED) is 0.535. The molecule has 0 unspecified atom stereocenters. The van der Waals surface area contributed by atoms with Crippen molar-refractivity contribution in [2.75, 3.05) is 32.7 Å². The minimum absolute atomic E-state index is 0.0738. The zero-order valence-corrected chi connectivity index (χ0v) is 17.5. The number of benzene rings is 2. The summed E-state index contributed by atoms with van der Waals surface area (Å²) in [6, 6.07) is 12.9. The first-order chi connectivity index (χ1) is 15.2. The molecular weight excluding hydrogens is 422 g/mol. The second-order valence-electron chi connectivity index (χ2n) is 7.00. The highest BCUT2D eigenvalue weighted by atomic mass is 32.2. The molecule has 2 aliphatic heterocycles. The number of carbonyl (C=O) groups excluding carboxylic acids is 1. The van der Waals surface area contributed by atoms with E-state index in [2.05, 4.69) is 10.2 Å². The Labute approximate surface area is 182 Å². The van der Waals surface area contributed by atoms with Crippen LogP contribution in [-0.4, -0.2) is 59.9 Å². The maximum Gasteiger partial charge on any atom is 0.277 e. The molecule has 0 aliphatic carbocycles. The van der Waals surface area contributed by atoms with Gasteiger partial charge in [0.2, 0.25) is 18.6 Å². The van der Waals surface area contributed by atoms with E-state index in [9.17, 15) is 4.79 Å². The lowest BCUT2D eigenvalue weighted by atomic mass is 10.2. The first-order valence-electron chi connectivity index (χ1n) is 9.64. The van der Waals surface area contributed by atoms with Crippen LogP contribution >= 0.6 is 11.8 Å². The summed E-state index contributed by atoms with van der Waals surface area (Å²) in [7, 11) is 1.73. The summed E-state index contributed by atoms with van der Waals surface area (Å²) in [5.41, 5.74) is 0.724. The van der Waals surface area contributed by atoms with E-state index in [-0.39, 0.29) is 24.6 Å². The van der Waals surface area contributed by atoms with E-state index in [1.807, 2.05) is 30.3 Å². The van der Waals surface area contributed by atoms with Gasteiger partial charge in [0, 0.05) is 12.6 Å². The van der Waals surface area contributed by atoms with Crippen LogP contribution in [0, 0.1) is 0 Å². The fraction of sp³-hybridized carbons (Fsp3) is 0.286. The molecule has 1 aromatic heterocycles. The molecule has 9 nitrogen and oxygen atoms in total. The lowest BCUT2D eigenvalue weighted by molar-refractivity contribution is -0.128. The highest BCUT2D eigenvalue weighted by Gasteiger charge is 2.24. The van der Waals surface area contributed by atoms with Crippen LogP contribution in [0.15, 0.2) is 52.1 Å². The molecule has 1 atom stereocenters. The Morgan fingerprint density at radius 2 is 1.87 bits per heavy atom. The van der Waals surface area contributed by atoms with Crippen LogP contribution in [0.3, 0.4) is 0 Å². The number of aromatic nitrogens is 2. The van der Waals surface area contributed by atoms with Gasteiger partial charge in [-0.15, -0.1) is 10.2 Å². The Hall–Kier alpha value is -3.40. The van der Waals surface area contributed by atoms with Gasteiger partial charge in [0.15, 0.2) is 29.1 Å². The van der Waals surface area contributed by atoms with Crippen LogP contribution < -0.4 is 18.9 Å². The van der Waals surface area contributed by atoms with E-state index in [0.29, 0.717) is 41.5 Å². The average molecular weight is 441 g/mol. The van der Waals surface area contributed by atoms with Crippen LogP contribution in [0.1, 0.15) is 0 Å². The second kappa shape index (κ2) is 8.38. The highest BCUT2D eigenvalue weighted by Crippen LogP contribution is 2.36. The molecule has 0 saturated carbocycles. The van der Waals surface area contributed by atoms with Crippen LogP contribution in [0.2, 0.25) is 0 Å². The average Bonchev–Trinajstić information content (AvgIpc) is 3.46. The number of carbonyl (C=O) groups is 1. The molecule has 3 aromatic rings. The molecule has 0 radical (unpaired) electrons. The number of rotatable bonds is 6. The smallest absolute Gasteiger partial charge is 0.277 e. The van der Waals surface area contributed by atoms with Crippen molar-refractivity contribution in [3.05, 3.63) is 42.5 Å². The van der Waals surface area contributed by atoms with Crippen molar-refractivity contribution in [1.29, 1.82) is 0 Å². The van der Waals surface area contributed by atoms with Crippen molar-refractivity contribution >= 4 is 17.7 Å². The molecule has 2 aromatic carbocycles. The molecule has 0 spiro atoms. The Morgan fingerprint density at radius 1 is 1.06 bits per heavy atom. The molecule has 0 fully saturated rings. The molecule has 2 aliphatic rings. The molecule has 0 N–H and O–H groups in total. The van der Waals surface area contributed by atoms with E-state index < -0.39 is 0 Å². The Morgan fingerprint density at radius 3 is 2.77 bits per heavy atom. The molecule has 31 heavy (non-hydrogen) atoms. The van der Waals surface area contributed by atoms with Crippen molar-refractivity contribution in [3.63, 3.8) is 0 Å². The van der Waals surface area contributed by atoms with E-state index in [4.69, 9.17) is 23.4 Å². The topological polar surface area (TPSA) is 96.2 Å². The first kappa shape index (κ1) is 19.6. The van der Waals surface area contributed by atoms with Gasteiger partial charge >= 0.3 is 0 Å². The van der Waals surface area contributed by atoms with Gasteiger partial charge in [-0.05, 0) is 30.3 Å². The van der Waals surface area contributed by atoms with Gasteiger partial charge in [-0.25, -0.2) is 0 Å². The van der Waals surface area contributed by atoms with Crippen LogP contribution in [0.4, 0.5) is 0 Å². The normalized spacial score (nSPS) is 16.2. The maximum atomic E-state index is 12.5. The number of thioether (sulfide) groups is 1. The lowest BCUT2D eigenvalue weighted by Crippen LogP contribution is -2.42. The molecular formula is C21H19N3O6S. The number of likely N-dealkylation sites (N-methyl/N-ethyl adjacent to an activating group) is 1. The van der Waals surface area contributed by atoms with Gasteiger partial charge in [0.25, 0.3) is 5.22 Å². The summed E-state index contributed by atoms with van der Waals surface area (Å²) in [5, 5.41) is 8.39. The molecule has 1 amide bonds. The molecule has 0 bridgehead atoms. The maximum absolute atomic E-state index is 12.5. The van der Waals surface area contributed by atoms with Gasteiger partial charge in [0.05, 0.1) is 12.3 Å². The second-order valence-corrected chi connectivity index (χ2v) is 7.93. The number of hydrogen-bond donors (Lipinski definition) is 0. The monoisotopic (exact) mass is 441 g/mol. The number of amides is 1. The molecule has 10 heteroatoms. The Bertz CT molecular complexity index is 1100. The van der Waals surface area contributed by atoms with E-state index >= 15 is 0 Å². The zero-order chi connectivity index (χ0) is 21.2. The zero-order valence-electron chi connectivity index (χ0n) is 16.6. The SMILES string of the molecule is CN(C[C@H]1COc2ccccc2O1)C(=O)CSc1nnc(-c2ccc3c(c2)OCO3)o1. The predicted molar refractivity (Wildman–Crippen MR) is 111 cm³/mol. The minimum atomic E-state index is -0.227. The lowest BCUT2D eigenvalue weighted by Gasteiger charge is -2.29. The highest BCUT2D eigenvalue weighted by molar-refractivity contribution is 7.99. The Balaban J connectivity index is 1.14. The summed E-state index contributed by atoms with van der Waals surface area (Å²) in [6.07, 6.45) is -0.227. The van der Waals surface area contributed by atoms with Gasteiger partial charge in [-0.2, -0.15) is 0 Å². The van der Waals surface area contributed by atoms with Gasteiger partial charge in [-0.1, -0.05) is 23.9 Å².